The van der Waals surface area contributed by atoms with E-state index in [1.807, 2.05) is 25.2 Å². The Bertz CT molecular complexity index is 512. The van der Waals surface area contributed by atoms with Gasteiger partial charge >= 0.3 is 0 Å². The van der Waals surface area contributed by atoms with Crippen LogP contribution in [0.25, 0.3) is 0 Å². The Morgan fingerprint density at radius 2 is 2.00 bits per heavy atom. The minimum absolute atomic E-state index is 0.328. The zero-order valence-electron chi connectivity index (χ0n) is 11.5. The molecule has 18 heavy (non-hydrogen) atoms. The lowest BCUT2D eigenvalue weighted by atomic mass is 10.1. The number of hydrogen-bond donors (Lipinski definition) is 1. The minimum atomic E-state index is 0.328. The molecule has 0 amide bonds. The second-order valence-corrected chi connectivity index (χ2v) is 5.95. The van der Waals surface area contributed by atoms with Crippen molar-refractivity contribution in [2.24, 2.45) is 0 Å². The van der Waals surface area contributed by atoms with Crippen LogP contribution in [0.5, 0.6) is 0 Å². The Morgan fingerprint density at radius 3 is 2.56 bits per heavy atom. The molecule has 2 rings (SSSR count). The number of furan rings is 1. The average Bonchev–Trinajstić information content (AvgIpc) is 2.92. The monoisotopic (exact) mass is 263 g/mol. The molecule has 1 unspecified atom stereocenters. The highest BCUT2D eigenvalue weighted by atomic mass is 32.1. The van der Waals surface area contributed by atoms with E-state index in [0.717, 1.165) is 24.5 Å². The van der Waals surface area contributed by atoms with E-state index in [1.54, 1.807) is 0 Å². The van der Waals surface area contributed by atoms with Gasteiger partial charge in [-0.05, 0) is 45.4 Å². The molecule has 2 nitrogen and oxygen atoms in total. The molecule has 0 fully saturated rings. The van der Waals surface area contributed by atoms with E-state index < -0.39 is 0 Å². The van der Waals surface area contributed by atoms with Crippen molar-refractivity contribution in [3.8, 4) is 0 Å². The zero-order chi connectivity index (χ0) is 13.1. The van der Waals surface area contributed by atoms with Crippen molar-refractivity contribution < 1.29 is 4.42 Å². The van der Waals surface area contributed by atoms with E-state index in [2.05, 4.69) is 37.4 Å². The van der Waals surface area contributed by atoms with Crippen LogP contribution in [-0.4, -0.2) is 0 Å². The van der Waals surface area contributed by atoms with E-state index in [-0.39, 0.29) is 0 Å². The molecule has 0 bridgehead atoms. The molecule has 98 valence electrons. The first-order valence-electron chi connectivity index (χ1n) is 6.48. The summed E-state index contributed by atoms with van der Waals surface area (Å²) >= 11 is 1.89. The first kappa shape index (κ1) is 13.4. The Morgan fingerprint density at radius 1 is 1.28 bits per heavy atom. The van der Waals surface area contributed by atoms with Gasteiger partial charge in [-0.2, -0.15) is 0 Å². The number of aryl methyl sites for hydroxylation is 3. The summed E-state index contributed by atoms with van der Waals surface area (Å²) in [5.41, 5.74) is 1.26. The fourth-order valence-corrected chi connectivity index (χ4v) is 3.06. The predicted molar refractivity (Wildman–Crippen MR) is 77.1 cm³/mol. The molecule has 0 saturated carbocycles. The molecule has 0 saturated heterocycles. The number of rotatable bonds is 5. The lowest BCUT2D eigenvalue weighted by Crippen LogP contribution is -2.17. The van der Waals surface area contributed by atoms with Crippen molar-refractivity contribution >= 4 is 11.3 Å². The van der Waals surface area contributed by atoms with E-state index in [4.69, 9.17) is 4.42 Å². The van der Waals surface area contributed by atoms with E-state index >= 15 is 0 Å². The molecule has 1 atom stereocenters. The zero-order valence-corrected chi connectivity index (χ0v) is 12.4. The Balaban J connectivity index is 1.95. The molecule has 1 N–H and O–H groups in total. The maximum absolute atomic E-state index is 5.57. The summed E-state index contributed by atoms with van der Waals surface area (Å²) in [6.45, 7) is 9.33. The molecule has 0 aliphatic rings. The summed E-state index contributed by atoms with van der Waals surface area (Å²) in [6, 6.07) is 6.89. The normalized spacial score (nSPS) is 12.9. The summed E-state index contributed by atoms with van der Waals surface area (Å²) in [5, 5.41) is 3.56. The van der Waals surface area contributed by atoms with E-state index in [0.29, 0.717) is 6.04 Å². The standard InChI is InChI=1S/C15H21NOS/c1-5-13-6-7-14(18-13)9-16-11(3)15-8-10(2)17-12(15)4/h6-8,11,16H,5,9H2,1-4H3. The van der Waals surface area contributed by atoms with Crippen LogP contribution in [-0.2, 0) is 13.0 Å². The summed E-state index contributed by atoms with van der Waals surface area (Å²) < 4.78 is 5.57. The highest BCUT2D eigenvalue weighted by Gasteiger charge is 2.12. The smallest absolute Gasteiger partial charge is 0.105 e. The van der Waals surface area contributed by atoms with Crippen molar-refractivity contribution in [3.05, 3.63) is 45.0 Å². The van der Waals surface area contributed by atoms with Gasteiger partial charge in [-0.3, -0.25) is 0 Å². The van der Waals surface area contributed by atoms with Crippen LogP contribution in [0.2, 0.25) is 0 Å². The molecule has 2 aromatic rings. The van der Waals surface area contributed by atoms with Crippen LogP contribution in [0.15, 0.2) is 22.6 Å². The van der Waals surface area contributed by atoms with Gasteiger partial charge in [0.25, 0.3) is 0 Å². The van der Waals surface area contributed by atoms with Crippen molar-refractivity contribution in [3.63, 3.8) is 0 Å². The third kappa shape index (κ3) is 3.03. The summed E-state index contributed by atoms with van der Waals surface area (Å²) in [5.74, 6) is 2.01. The van der Waals surface area contributed by atoms with Gasteiger partial charge in [0.05, 0.1) is 0 Å². The molecule has 0 spiro atoms. The first-order chi connectivity index (χ1) is 8.60. The van der Waals surface area contributed by atoms with Crippen LogP contribution in [0.4, 0.5) is 0 Å². The van der Waals surface area contributed by atoms with Crippen LogP contribution in [0.1, 0.15) is 46.7 Å². The minimum Gasteiger partial charge on any atom is -0.466 e. The Hall–Kier alpha value is -1.06. The second-order valence-electron chi connectivity index (χ2n) is 4.69. The van der Waals surface area contributed by atoms with Gasteiger partial charge in [0, 0.05) is 27.9 Å². The topological polar surface area (TPSA) is 25.2 Å². The molecular weight excluding hydrogens is 242 g/mol. The van der Waals surface area contributed by atoms with Gasteiger partial charge in [0.1, 0.15) is 11.5 Å². The number of hydrogen-bond acceptors (Lipinski definition) is 3. The summed E-state index contributed by atoms with van der Waals surface area (Å²) in [7, 11) is 0. The molecule has 3 heteroatoms. The van der Waals surface area contributed by atoms with Crippen LogP contribution in [0, 0.1) is 13.8 Å². The second kappa shape index (κ2) is 5.72. The highest BCUT2D eigenvalue weighted by Crippen LogP contribution is 2.22. The number of nitrogens with one attached hydrogen (secondary N) is 1. The lowest BCUT2D eigenvalue weighted by Gasteiger charge is -2.12. The fraction of sp³-hybridized carbons (Fsp3) is 0.467. The molecule has 0 aliphatic heterocycles. The highest BCUT2D eigenvalue weighted by molar-refractivity contribution is 7.11. The van der Waals surface area contributed by atoms with Crippen LogP contribution < -0.4 is 5.32 Å². The maximum Gasteiger partial charge on any atom is 0.105 e. The molecular formula is C15H21NOS. The molecule has 0 aromatic carbocycles. The van der Waals surface area contributed by atoms with Gasteiger partial charge in [-0.1, -0.05) is 6.92 Å². The first-order valence-corrected chi connectivity index (χ1v) is 7.29. The van der Waals surface area contributed by atoms with Gasteiger partial charge < -0.3 is 9.73 Å². The van der Waals surface area contributed by atoms with Crippen LogP contribution >= 0.6 is 11.3 Å². The van der Waals surface area contributed by atoms with Crippen molar-refractivity contribution in [1.82, 2.24) is 5.32 Å². The van der Waals surface area contributed by atoms with Gasteiger partial charge in [0.2, 0.25) is 0 Å². The SMILES string of the molecule is CCc1ccc(CNC(C)c2cc(C)oc2C)s1. The van der Waals surface area contributed by atoms with Crippen LogP contribution in [0.3, 0.4) is 0 Å². The summed E-state index contributed by atoms with van der Waals surface area (Å²) in [6.07, 6.45) is 1.13. The van der Waals surface area contributed by atoms with Crippen molar-refractivity contribution in [1.29, 1.82) is 0 Å². The van der Waals surface area contributed by atoms with Gasteiger partial charge in [0.15, 0.2) is 0 Å². The molecule has 0 radical (unpaired) electrons. The Labute approximate surface area is 113 Å². The average molecular weight is 263 g/mol. The quantitative estimate of drug-likeness (QED) is 0.866. The maximum atomic E-state index is 5.57. The lowest BCUT2D eigenvalue weighted by molar-refractivity contribution is 0.490. The Kier molecular flexibility index (Phi) is 4.25. The predicted octanol–water partition coefficient (Wildman–Crippen LogP) is 4.37. The van der Waals surface area contributed by atoms with Crippen molar-refractivity contribution in [2.45, 2.75) is 46.7 Å². The third-order valence-electron chi connectivity index (χ3n) is 3.19. The summed E-state index contributed by atoms with van der Waals surface area (Å²) in [4.78, 5) is 2.85. The number of thiophene rings is 1. The molecule has 2 heterocycles. The largest absolute Gasteiger partial charge is 0.466 e. The van der Waals surface area contributed by atoms with Crippen molar-refractivity contribution in [2.75, 3.05) is 0 Å². The van der Waals surface area contributed by atoms with Gasteiger partial charge in [-0.15, -0.1) is 11.3 Å². The molecule has 2 aromatic heterocycles. The molecule has 0 aliphatic carbocycles. The van der Waals surface area contributed by atoms with E-state index in [1.165, 1.54) is 15.3 Å². The van der Waals surface area contributed by atoms with E-state index in [9.17, 15) is 0 Å². The third-order valence-corrected chi connectivity index (χ3v) is 4.42. The van der Waals surface area contributed by atoms with Gasteiger partial charge in [-0.25, -0.2) is 0 Å². The fourth-order valence-electron chi connectivity index (χ4n) is 2.15.